The van der Waals surface area contributed by atoms with E-state index in [1.807, 2.05) is 0 Å². The number of hydrogen-bond donors (Lipinski definition) is 1. The van der Waals surface area contributed by atoms with Crippen molar-refractivity contribution >= 4 is 5.82 Å². The molecule has 1 atom stereocenters. The van der Waals surface area contributed by atoms with Crippen LogP contribution in [0.25, 0.3) is 0 Å². The molecule has 1 aromatic heterocycles. The summed E-state index contributed by atoms with van der Waals surface area (Å²) in [5, 5.41) is 0. The quantitative estimate of drug-likeness (QED) is 0.914. The molecular weight excluding hydrogens is 238 g/mol. The first-order valence-electron chi connectivity index (χ1n) is 6.48. The predicted molar refractivity (Wildman–Crippen MR) is 73.8 cm³/mol. The summed E-state index contributed by atoms with van der Waals surface area (Å²) in [4.78, 5) is 9.00. The van der Waals surface area contributed by atoms with Crippen molar-refractivity contribution in [3.63, 3.8) is 0 Å². The Labute approximate surface area is 112 Å². The number of rotatable bonds is 3. The van der Waals surface area contributed by atoms with Crippen molar-refractivity contribution in [3.05, 3.63) is 53.0 Å². The number of nitrogens with zero attached hydrogens (tertiary/aromatic N) is 2. The van der Waals surface area contributed by atoms with Gasteiger partial charge in [0.1, 0.15) is 11.6 Å². The van der Waals surface area contributed by atoms with Gasteiger partial charge in [0, 0.05) is 19.1 Å². The topological polar surface area (TPSA) is 61.0 Å². The Bertz CT molecular complexity index is 598. The maximum Gasteiger partial charge on any atom is 0.138 e. The lowest BCUT2D eigenvalue weighted by molar-refractivity contribution is 0.181. The molecule has 0 radical (unpaired) electrons. The van der Waals surface area contributed by atoms with Gasteiger partial charge in [-0.2, -0.15) is 0 Å². The van der Waals surface area contributed by atoms with E-state index in [9.17, 15) is 0 Å². The molecule has 4 nitrogen and oxygen atoms in total. The summed E-state index contributed by atoms with van der Waals surface area (Å²) in [7, 11) is 1.66. The Balaban J connectivity index is 1.99. The highest BCUT2D eigenvalue weighted by atomic mass is 16.5. The molecule has 0 fully saturated rings. The second-order valence-corrected chi connectivity index (χ2v) is 4.87. The molecule has 3 rings (SSSR count). The van der Waals surface area contributed by atoms with Crippen LogP contribution in [0.5, 0.6) is 0 Å². The van der Waals surface area contributed by atoms with E-state index in [-0.39, 0.29) is 5.92 Å². The summed E-state index contributed by atoms with van der Waals surface area (Å²) >= 11 is 0. The number of fused-ring (bicyclic) bond motifs is 1. The van der Waals surface area contributed by atoms with Gasteiger partial charge in [-0.05, 0) is 24.0 Å². The third-order valence-corrected chi connectivity index (χ3v) is 3.55. The molecule has 0 spiro atoms. The zero-order valence-electron chi connectivity index (χ0n) is 11.0. The normalized spacial score (nSPS) is 17.4. The highest BCUT2D eigenvalue weighted by Gasteiger charge is 2.26. The van der Waals surface area contributed by atoms with Gasteiger partial charge >= 0.3 is 0 Å². The largest absolute Gasteiger partial charge is 0.384 e. The molecule has 2 N–H and O–H groups in total. The second kappa shape index (κ2) is 4.97. The molecule has 0 saturated heterocycles. The van der Waals surface area contributed by atoms with Crippen molar-refractivity contribution in [1.29, 1.82) is 0 Å². The average molecular weight is 255 g/mol. The highest BCUT2D eigenvalue weighted by Crippen LogP contribution is 2.36. The summed E-state index contributed by atoms with van der Waals surface area (Å²) in [6.45, 7) is 0.466. The lowest BCUT2D eigenvalue weighted by Gasteiger charge is -2.12. The van der Waals surface area contributed by atoms with E-state index in [0.29, 0.717) is 12.4 Å². The van der Waals surface area contributed by atoms with Crippen LogP contribution < -0.4 is 5.73 Å². The van der Waals surface area contributed by atoms with E-state index in [4.69, 9.17) is 10.5 Å². The van der Waals surface area contributed by atoms with Crippen molar-refractivity contribution in [2.75, 3.05) is 12.8 Å². The van der Waals surface area contributed by atoms with Gasteiger partial charge in [-0.3, -0.25) is 0 Å². The maximum atomic E-state index is 5.87. The Hall–Kier alpha value is -1.94. The highest BCUT2D eigenvalue weighted by molar-refractivity contribution is 5.40. The van der Waals surface area contributed by atoms with Gasteiger partial charge in [-0.25, -0.2) is 9.97 Å². The number of nitrogens with two attached hydrogens (primary N) is 1. The molecule has 19 heavy (non-hydrogen) atoms. The van der Waals surface area contributed by atoms with Crippen LogP contribution >= 0.6 is 0 Å². The number of anilines is 1. The number of aromatic nitrogens is 2. The van der Waals surface area contributed by atoms with Gasteiger partial charge in [-0.1, -0.05) is 24.3 Å². The van der Waals surface area contributed by atoms with Gasteiger partial charge in [-0.15, -0.1) is 0 Å². The minimum atomic E-state index is 0.260. The number of aryl methyl sites for hydroxylation is 1. The molecule has 1 unspecified atom stereocenters. The fourth-order valence-electron chi connectivity index (χ4n) is 2.74. The first-order chi connectivity index (χ1) is 9.28. The van der Waals surface area contributed by atoms with Gasteiger partial charge in [0.2, 0.25) is 0 Å². The molecular formula is C15H17N3O. The third-order valence-electron chi connectivity index (χ3n) is 3.55. The fourth-order valence-corrected chi connectivity index (χ4v) is 2.74. The van der Waals surface area contributed by atoms with E-state index in [1.54, 1.807) is 13.2 Å². The Morgan fingerprint density at radius 2 is 2.16 bits per heavy atom. The zero-order chi connectivity index (χ0) is 13.2. The Kier molecular flexibility index (Phi) is 3.17. The molecule has 1 aromatic carbocycles. The van der Waals surface area contributed by atoms with Gasteiger partial charge in [0.15, 0.2) is 0 Å². The van der Waals surface area contributed by atoms with Crippen molar-refractivity contribution in [1.82, 2.24) is 9.97 Å². The van der Waals surface area contributed by atoms with Crippen LogP contribution in [-0.4, -0.2) is 17.1 Å². The monoisotopic (exact) mass is 255 g/mol. The molecule has 0 amide bonds. The number of methoxy groups -OCH3 is 1. The smallest absolute Gasteiger partial charge is 0.138 e. The lowest BCUT2D eigenvalue weighted by atomic mass is 10.0. The van der Waals surface area contributed by atoms with Crippen LogP contribution in [0, 0.1) is 0 Å². The molecule has 4 heteroatoms. The van der Waals surface area contributed by atoms with Crippen molar-refractivity contribution < 1.29 is 4.74 Å². The summed E-state index contributed by atoms with van der Waals surface area (Å²) in [5.74, 6) is 1.59. The van der Waals surface area contributed by atoms with Crippen LogP contribution in [0.3, 0.4) is 0 Å². The zero-order valence-corrected chi connectivity index (χ0v) is 11.0. The SMILES string of the molecule is COCc1cc(N)nc(C2CCc3ccccc32)n1. The van der Waals surface area contributed by atoms with Crippen molar-refractivity contribution in [2.24, 2.45) is 0 Å². The molecule has 0 aliphatic heterocycles. The van der Waals surface area contributed by atoms with Crippen LogP contribution in [0.15, 0.2) is 30.3 Å². The fraction of sp³-hybridized carbons (Fsp3) is 0.333. The van der Waals surface area contributed by atoms with Crippen LogP contribution in [0.1, 0.15) is 35.0 Å². The maximum absolute atomic E-state index is 5.87. The Morgan fingerprint density at radius 1 is 1.32 bits per heavy atom. The number of benzene rings is 1. The second-order valence-electron chi connectivity index (χ2n) is 4.87. The standard InChI is InChI=1S/C15H17N3O/c1-19-9-11-8-14(16)18-15(17-11)13-7-6-10-4-2-3-5-12(10)13/h2-5,8,13H,6-7,9H2,1H3,(H2,16,17,18). The van der Waals surface area contributed by atoms with Crippen molar-refractivity contribution in [3.8, 4) is 0 Å². The van der Waals surface area contributed by atoms with E-state index >= 15 is 0 Å². The van der Waals surface area contributed by atoms with E-state index in [1.165, 1.54) is 11.1 Å². The first-order valence-corrected chi connectivity index (χ1v) is 6.48. The summed E-state index contributed by atoms with van der Waals surface area (Å²) in [5.41, 5.74) is 9.44. The number of nitrogen functional groups attached to an aromatic ring is 1. The third kappa shape index (κ3) is 2.31. The molecule has 1 aliphatic carbocycles. The van der Waals surface area contributed by atoms with Crippen LogP contribution in [-0.2, 0) is 17.8 Å². The van der Waals surface area contributed by atoms with Crippen LogP contribution in [0.4, 0.5) is 5.82 Å². The summed E-state index contributed by atoms with van der Waals surface area (Å²) in [6.07, 6.45) is 2.13. The summed E-state index contributed by atoms with van der Waals surface area (Å²) in [6, 6.07) is 10.3. The lowest BCUT2D eigenvalue weighted by Crippen LogP contribution is -2.08. The first kappa shape index (κ1) is 12.1. The van der Waals surface area contributed by atoms with Gasteiger partial charge < -0.3 is 10.5 Å². The van der Waals surface area contributed by atoms with Crippen molar-refractivity contribution in [2.45, 2.75) is 25.4 Å². The van der Waals surface area contributed by atoms with Gasteiger partial charge in [0.25, 0.3) is 0 Å². The molecule has 0 bridgehead atoms. The van der Waals surface area contributed by atoms with Crippen LogP contribution in [0.2, 0.25) is 0 Å². The van der Waals surface area contributed by atoms with E-state index in [2.05, 4.69) is 34.2 Å². The molecule has 98 valence electrons. The minimum Gasteiger partial charge on any atom is -0.384 e. The van der Waals surface area contributed by atoms with E-state index < -0.39 is 0 Å². The van der Waals surface area contributed by atoms with E-state index in [0.717, 1.165) is 24.4 Å². The molecule has 1 aliphatic rings. The Morgan fingerprint density at radius 3 is 3.00 bits per heavy atom. The average Bonchev–Trinajstić information content (AvgIpc) is 2.82. The molecule has 1 heterocycles. The van der Waals surface area contributed by atoms with Gasteiger partial charge in [0.05, 0.1) is 12.3 Å². The minimum absolute atomic E-state index is 0.260. The summed E-state index contributed by atoms with van der Waals surface area (Å²) < 4.78 is 5.12. The predicted octanol–water partition coefficient (Wildman–Crippen LogP) is 2.28. The molecule has 0 saturated carbocycles. The number of hydrogen-bond acceptors (Lipinski definition) is 4. The number of ether oxygens (including phenoxy) is 1. The molecule has 2 aromatic rings.